The Balaban J connectivity index is 1.98. The second-order valence-electron chi connectivity index (χ2n) is 7.01. The number of nitro groups is 1. The fourth-order valence-electron chi connectivity index (χ4n) is 2.96. The molecule has 1 amide bonds. The van der Waals surface area contributed by atoms with Crippen LogP contribution in [0.5, 0.6) is 0 Å². The number of nitrogens with one attached hydrogen (secondary N) is 1. The van der Waals surface area contributed by atoms with Crippen LogP contribution >= 0.6 is 0 Å². The average molecular weight is 452 g/mol. The molecular formula is C23H21N3O5S. The van der Waals surface area contributed by atoms with Crippen LogP contribution in [-0.4, -0.2) is 32.6 Å². The topological polar surface area (TPSA) is 110 Å². The average Bonchev–Trinajstić information content (AvgIpc) is 2.77. The zero-order valence-electron chi connectivity index (χ0n) is 17.4. The van der Waals surface area contributed by atoms with Gasteiger partial charge in [-0.2, -0.15) is 0 Å². The lowest BCUT2D eigenvalue weighted by atomic mass is 10.0. The number of nitro benzene ring substituents is 1. The molecule has 164 valence electrons. The van der Waals surface area contributed by atoms with Gasteiger partial charge in [-0.25, -0.2) is 8.42 Å². The number of sulfonamides is 1. The molecule has 0 atom stereocenters. The number of hydrogen-bond acceptors (Lipinski definition) is 5. The van der Waals surface area contributed by atoms with Gasteiger partial charge in [0.1, 0.15) is 0 Å². The Morgan fingerprint density at radius 3 is 2.34 bits per heavy atom. The first kappa shape index (κ1) is 22.7. The molecular weight excluding hydrogens is 430 g/mol. The summed E-state index contributed by atoms with van der Waals surface area (Å²) in [6.07, 6.45) is 2.66. The van der Waals surface area contributed by atoms with Crippen molar-refractivity contribution in [2.75, 3.05) is 22.9 Å². The Hall–Kier alpha value is -3.98. The molecule has 0 heterocycles. The zero-order chi connectivity index (χ0) is 23.3. The monoisotopic (exact) mass is 451 g/mol. The number of benzene rings is 3. The third kappa shape index (κ3) is 5.58. The molecule has 0 unspecified atom stereocenters. The first-order valence-corrected chi connectivity index (χ1v) is 11.4. The minimum Gasteiger partial charge on any atom is -0.322 e. The van der Waals surface area contributed by atoms with E-state index in [-0.39, 0.29) is 5.69 Å². The van der Waals surface area contributed by atoms with Crippen molar-refractivity contribution in [2.45, 2.75) is 0 Å². The highest BCUT2D eigenvalue weighted by Crippen LogP contribution is 2.25. The second kappa shape index (κ2) is 9.44. The lowest BCUT2D eigenvalue weighted by Crippen LogP contribution is -2.25. The van der Waals surface area contributed by atoms with Gasteiger partial charge in [-0.15, -0.1) is 0 Å². The first-order valence-electron chi connectivity index (χ1n) is 9.52. The molecule has 0 bridgehead atoms. The summed E-state index contributed by atoms with van der Waals surface area (Å²) in [5.74, 6) is -0.443. The molecule has 0 fully saturated rings. The van der Waals surface area contributed by atoms with Crippen molar-refractivity contribution < 1.29 is 18.1 Å². The Bertz CT molecular complexity index is 1290. The van der Waals surface area contributed by atoms with E-state index in [9.17, 15) is 23.3 Å². The number of hydrogen-bond donors (Lipinski definition) is 1. The second-order valence-corrected chi connectivity index (χ2v) is 9.02. The molecule has 3 aromatic rings. The van der Waals surface area contributed by atoms with E-state index in [2.05, 4.69) is 5.32 Å². The summed E-state index contributed by atoms with van der Waals surface area (Å²) in [5.41, 5.74) is 2.15. The molecule has 32 heavy (non-hydrogen) atoms. The van der Waals surface area contributed by atoms with Gasteiger partial charge in [0.15, 0.2) is 0 Å². The lowest BCUT2D eigenvalue weighted by molar-refractivity contribution is -0.384. The molecule has 0 radical (unpaired) electrons. The highest BCUT2D eigenvalue weighted by Gasteiger charge is 2.16. The lowest BCUT2D eigenvalue weighted by Gasteiger charge is -2.18. The quantitative estimate of drug-likeness (QED) is 0.251. The molecule has 1 N–H and O–H groups in total. The third-order valence-electron chi connectivity index (χ3n) is 4.69. The number of carbonyl (C=O) groups excluding carboxylic acids is 1. The van der Waals surface area contributed by atoms with E-state index >= 15 is 0 Å². The van der Waals surface area contributed by atoms with Crippen molar-refractivity contribution in [2.24, 2.45) is 0 Å². The van der Waals surface area contributed by atoms with Gasteiger partial charge in [0.2, 0.25) is 10.0 Å². The third-order valence-corrected chi connectivity index (χ3v) is 5.89. The highest BCUT2D eigenvalue weighted by atomic mass is 32.2. The van der Waals surface area contributed by atoms with Crippen LogP contribution in [-0.2, 0) is 14.8 Å². The number of anilines is 2. The standard InChI is InChI=1S/C23H21N3O5S/c1-25(32(2,30)31)20-12-7-11-19(16-20)24-23(27)22(18-9-4-3-5-10-18)15-17-8-6-13-21(14-17)26(28)29/h3-16H,1-2H3,(H,24,27)/b22-15+. The summed E-state index contributed by atoms with van der Waals surface area (Å²) in [6.45, 7) is 0. The molecule has 0 saturated heterocycles. The van der Waals surface area contributed by atoms with E-state index in [1.165, 1.54) is 19.2 Å². The van der Waals surface area contributed by atoms with Crippen molar-refractivity contribution in [1.82, 2.24) is 0 Å². The maximum Gasteiger partial charge on any atom is 0.270 e. The SMILES string of the molecule is CN(c1cccc(NC(=O)/C(=C/c2cccc([N+](=O)[O-])c2)c2ccccc2)c1)S(C)(=O)=O. The Morgan fingerprint density at radius 2 is 1.69 bits per heavy atom. The van der Waals surface area contributed by atoms with Crippen LogP contribution in [0.15, 0.2) is 78.9 Å². The predicted molar refractivity (Wildman–Crippen MR) is 126 cm³/mol. The summed E-state index contributed by atoms with van der Waals surface area (Å²) >= 11 is 0. The maximum atomic E-state index is 13.2. The highest BCUT2D eigenvalue weighted by molar-refractivity contribution is 7.92. The van der Waals surface area contributed by atoms with Crippen LogP contribution in [0.25, 0.3) is 11.6 Å². The summed E-state index contributed by atoms with van der Waals surface area (Å²) < 4.78 is 24.7. The minimum absolute atomic E-state index is 0.0805. The Kier molecular flexibility index (Phi) is 6.70. The van der Waals surface area contributed by atoms with Crippen LogP contribution in [0.4, 0.5) is 17.1 Å². The minimum atomic E-state index is -3.46. The van der Waals surface area contributed by atoms with E-state index in [0.717, 1.165) is 10.6 Å². The fourth-order valence-corrected chi connectivity index (χ4v) is 3.46. The van der Waals surface area contributed by atoms with E-state index in [0.29, 0.717) is 28.1 Å². The molecule has 0 aliphatic heterocycles. The Morgan fingerprint density at radius 1 is 1.00 bits per heavy atom. The van der Waals surface area contributed by atoms with Gasteiger partial charge in [0.25, 0.3) is 11.6 Å². The largest absolute Gasteiger partial charge is 0.322 e. The van der Waals surface area contributed by atoms with Crippen LogP contribution in [0.3, 0.4) is 0 Å². The van der Waals surface area contributed by atoms with Gasteiger partial charge in [-0.1, -0.05) is 48.5 Å². The van der Waals surface area contributed by atoms with Gasteiger partial charge in [-0.05, 0) is 35.4 Å². The smallest absolute Gasteiger partial charge is 0.270 e. The Labute approximate surface area is 186 Å². The van der Waals surface area contributed by atoms with Crippen LogP contribution in [0.1, 0.15) is 11.1 Å². The number of rotatable bonds is 7. The van der Waals surface area contributed by atoms with Gasteiger partial charge >= 0.3 is 0 Å². The van der Waals surface area contributed by atoms with Crippen molar-refractivity contribution in [1.29, 1.82) is 0 Å². The van der Waals surface area contributed by atoms with Gasteiger partial charge in [-0.3, -0.25) is 19.2 Å². The molecule has 0 aromatic heterocycles. The first-order chi connectivity index (χ1) is 15.1. The molecule has 0 aliphatic carbocycles. The van der Waals surface area contributed by atoms with Crippen LogP contribution in [0, 0.1) is 10.1 Å². The summed E-state index contributed by atoms with van der Waals surface area (Å²) in [4.78, 5) is 23.8. The van der Waals surface area contributed by atoms with E-state index in [1.54, 1.807) is 66.7 Å². The summed E-state index contributed by atoms with van der Waals surface area (Å²) in [7, 11) is -2.03. The molecule has 0 aliphatic rings. The van der Waals surface area contributed by atoms with Crippen molar-refractivity contribution >= 4 is 44.6 Å². The molecule has 0 spiro atoms. The fraction of sp³-hybridized carbons (Fsp3) is 0.0870. The molecule has 3 aromatic carbocycles. The van der Waals surface area contributed by atoms with Crippen molar-refractivity contribution in [3.63, 3.8) is 0 Å². The van der Waals surface area contributed by atoms with Crippen LogP contribution < -0.4 is 9.62 Å². The number of nitrogens with zero attached hydrogens (tertiary/aromatic N) is 2. The molecule has 8 nitrogen and oxygen atoms in total. The van der Waals surface area contributed by atoms with E-state index in [1.807, 2.05) is 6.07 Å². The van der Waals surface area contributed by atoms with Crippen molar-refractivity contribution in [3.8, 4) is 0 Å². The van der Waals surface area contributed by atoms with Gasteiger partial charge in [0.05, 0.1) is 16.9 Å². The van der Waals surface area contributed by atoms with E-state index in [4.69, 9.17) is 0 Å². The van der Waals surface area contributed by atoms with Gasteiger partial charge < -0.3 is 5.32 Å². The summed E-state index contributed by atoms with van der Waals surface area (Å²) in [6, 6.07) is 21.3. The maximum absolute atomic E-state index is 13.2. The number of amides is 1. The normalized spacial score (nSPS) is 11.6. The van der Waals surface area contributed by atoms with Crippen LogP contribution in [0.2, 0.25) is 0 Å². The van der Waals surface area contributed by atoms with Crippen molar-refractivity contribution in [3.05, 3.63) is 100 Å². The number of carbonyl (C=O) groups is 1. The number of non-ortho nitro benzene ring substituents is 1. The van der Waals surface area contributed by atoms with Gasteiger partial charge in [0, 0.05) is 30.4 Å². The zero-order valence-corrected chi connectivity index (χ0v) is 18.2. The van der Waals surface area contributed by atoms with E-state index < -0.39 is 20.9 Å². The summed E-state index contributed by atoms with van der Waals surface area (Å²) in [5, 5.41) is 13.9. The molecule has 0 saturated carbocycles. The molecule has 3 rings (SSSR count). The molecule has 9 heteroatoms. The predicted octanol–water partition coefficient (Wildman–Crippen LogP) is 4.17.